The molecule has 2 rings (SSSR count). The molecular formula is C24H30N6O5. The maximum atomic E-state index is 13.0. The fraction of sp³-hybridized carbons (Fsp3) is 0.292. The number of amides is 5. The zero-order valence-electron chi connectivity index (χ0n) is 19.3. The van der Waals surface area contributed by atoms with E-state index >= 15 is 0 Å². The van der Waals surface area contributed by atoms with Crippen LogP contribution in [0.15, 0.2) is 54.6 Å². The van der Waals surface area contributed by atoms with E-state index in [0.717, 1.165) is 5.56 Å². The van der Waals surface area contributed by atoms with Crippen LogP contribution in [-0.2, 0) is 25.6 Å². The fourth-order valence-electron chi connectivity index (χ4n) is 3.26. The molecule has 9 N–H and O–H groups in total. The predicted molar refractivity (Wildman–Crippen MR) is 129 cm³/mol. The van der Waals surface area contributed by atoms with E-state index in [1.165, 1.54) is 13.0 Å². The Bertz CT molecular complexity index is 1080. The third-order valence-corrected chi connectivity index (χ3v) is 5.21. The van der Waals surface area contributed by atoms with Crippen molar-refractivity contribution in [2.24, 2.45) is 11.5 Å². The molecule has 3 atom stereocenters. The van der Waals surface area contributed by atoms with Crippen molar-refractivity contribution in [1.82, 2.24) is 16.0 Å². The van der Waals surface area contributed by atoms with Crippen molar-refractivity contribution in [1.29, 1.82) is 0 Å². The minimum Gasteiger partial charge on any atom is -0.398 e. The molecule has 0 aliphatic rings. The first kappa shape index (κ1) is 26.8. The van der Waals surface area contributed by atoms with Crippen molar-refractivity contribution < 1.29 is 24.0 Å². The summed E-state index contributed by atoms with van der Waals surface area (Å²) < 4.78 is 0. The summed E-state index contributed by atoms with van der Waals surface area (Å²) >= 11 is 0. The van der Waals surface area contributed by atoms with Crippen molar-refractivity contribution in [2.75, 3.05) is 5.73 Å². The van der Waals surface area contributed by atoms with Gasteiger partial charge in [0.05, 0.1) is 12.0 Å². The van der Waals surface area contributed by atoms with Gasteiger partial charge in [-0.3, -0.25) is 24.0 Å². The first-order valence-electron chi connectivity index (χ1n) is 11.0. The summed E-state index contributed by atoms with van der Waals surface area (Å²) in [4.78, 5) is 60.9. The summed E-state index contributed by atoms with van der Waals surface area (Å²) in [6, 6.07) is 12.4. The van der Waals surface area contributed by atoms with Crippen LogP contribution < -0.4 is 33.2 Å². The number of nitrogen functional groups attached to an aromatic ring is 1. The van der Waals surface area contributed by atoms with Gasteiger partial charge in [-0.25, -0.2) is 0 Å². The standard InChI is InChI=1S/C24H30N6O5/c1-14(22(33)30-19(21(27)32)13-20(26)31)28-24(35)18(12-11-15-7-3-2-4-8-15)29-23(34)16-9-5-6-10-17(16)25/h2-10,14,18-19H,11-13,25H2,1H3,(H2,26,31)(H2,27,32)(H,28,35)(H,29,34)(H,30,33)/t14-,18-,19-/m0/s1. The minimum atomic E-state index is -1.31. The number of hydrogen-bond acceptors (Lipinski definition) is 6. The molecule has 186 valence electrons. The Kier molecular flexibility index (Phi) is 9.76. The second-order valence-electron chi connectivity index (χ2n) is 8.00. The topological polar surface area (TPSA) is 200 Å². The average Bonchev–Trinajstić information content (AvgIpc) is 2.81. The smallest absolute Gasteiger partial charge is 0.254 e. The predicted octanol–water partition coefficient (Wildman–Crippen LogP) is -0.650. The highest BCUT2D eigenvalue weighted by atomic mass is 16.2. The highest BCUT2D eigenvalue weighted by molar-refractivity contribution is 6.02. The Labute approximate surface area is 202 Å². The number of aryl methyl sites for hydroxylation is 1. The zero-order valence-corrected chi connectivity index (χ0v) is 19.3. The summed E-state index contributed by atoms with van der Waals surface area (Å²) in [6.45, 7) is 1.39. The number of carbonyl (C=O) groups excluding carboxylic acids is 5. The third kappa shape index (κ3) is 8.46. The molecule has 5 amide bonds. The van der Waals surface area contributed by atoms with Gasteiger partial charge in [0, 0.05) is 5.69 Å². The van der Waals surface area contributed by atoms with E-state index < -0.39 is 54.1 Å². The highest BCUT2D eigenvalue weighted by Crippen LogP contribution is 2.12. The first-order valence-corrected chi connectivity index (χ1v) is 11.0. The van der Waals surface area contributed by atoms with Gasteiger partial charge in [-0.15, -0.1) is 0 Å². The van der Waals surface area contributed by atoms with Crippen molar-refractivity contribution in [3.8, 4) is 0 Å². The van der Waals surface area contributed by atoms with E-state index in [-0.39, 0.29) is 17.7 Å². The van der Waals surface area contributed by atoms with Crippen LogP contribution in [0.4, 0.5) is 5.69 Å². The lowest BCUT2D eigenvalue weighted by Gasteiger charge is -2.23. The molecule has 0 aromatic heterocycles. The summed E-state index contributed by atoms with van der Waals surface area (Å²) in [6.07, 6.45) is 0.247. The largest absolute Gasteiger partial charge is 0.398 e. The lowest BCUT2D eigenvalue weighted by atomic mass is 10.0. The highest BCUT2D eigenvalue weighted by Gasteiger charge is 2.27. The number of benzene rings is 2. The van der Waals surface area contributed by atoms with Gasteiger partial charge >= 0.3 is 0 Å². The molecule has 0 saturated carbocycles. The van der Waals surface area contributed by atoms with Gasteiger partial charge in [0.25, 0.3) is 5.91 Å². The molecule has 11 heteroatoms. The second kappa shape index (κ2) is 12.7. The van der Waals surface area contributed by atoms with Gasteiger partial charge in [-0.05, 0) is 37.5 Å². The summed E-state index contributed by atoms with van der Waals surface area (Å²) in [5, 5.41) is 7.49. The average molecular weight is 483 g/mol. The molecule has 0 fully saturated rings. The van der Waals surface area contributed by atoms with Crippen molar-refractivity contribution in [3.05, 3.63) is 65.7 Å². The Morgan fingerprint density at radius 1 is 0.800 bits per heavy atom. The van der Waals surface area contributed by atoms with Crippen LogP contribution in [0.2, 0.25) is 0 Å². The molecule has 2 aromatic carbocycles. The quantitative estimate of drug-likeness (QED) is 0.217. The number of carbonyl (C=O) groups is 5. The van der Waals surface area contributed by atoms with Crippen LogP contribution in [0.1, 0.15) is 35.7 Å². The number of rotatable bonds is 12. The number of nitrogens with two attached hydrogens (primary N) is 3. The molecule has 35 heavy (non-hydrogen) atoms. The zero-order chi connectivity index (χ0) is 26.0. The SMILES string of the molecule is C[C@H](NC(=O)[C@H](CCc1ccccc1)NC(=O)c1ccccc1N)C(=O)N[C@@H](CC(N)=O)C(N)=O. The first-order chi connectivity index (χ1) is 16.6. The minimum absolute atomic E-state index is 0.214. The molecule has 2 aromatic rings. The van der Waals surface area contributed by atoms with Crippen LogP contribution in [0, 0.1) is 0 Å². The number of hydrogen-bond donors (Lipinski definition) is 6. The lowest BCUT2D eigenvalue weighted by Crippen LogP contribution is -2.56. The van der Waals surface area contributed by atoms with Crippen LogP contribution >= 0.6 is 0 Å². The molecule has 0 saturated heterocycles. The molecule has 0 unspecified atom stereocenters. The maximum Gasteiger partial charge on any atom is 0.254 e. The van der Waals surface area contributed by atoms with E-state index in [9.17, 15) is 24.0 Å². The van der Waals surface area contributed by atoms with Crippen molar-refractivity contribution >= 4 is 35.2 Å². The van der Waals surface area contributed by atoms with Gasteiger partial charge < -0.3 is 33.2 Å². The van der Waals surface area contributed by atoms with Crippen LogP contribution in [-0.4, -0.2) is 47.7 Å². The normalized spacial score (nSPS) is 13.1. The summed E-state index contributed by atoms with van der Waals surface area (Å²) in [7, 11) is 0. The lowest BCUT2D eigenvalue weighted by molar-refractivity contribution is -0.132. The Morgan fingerprint density at radius 2 is 1.43 bits per heavy atom. The van der Waals surface area contributed by atoms with Gasteiger partial charge in [-0.2, -0.15) is 0 Å². The van der Waals surface area contributed by atoms with Crippen molar-refractivity contribution in [3.63, 3.8) is 0 Å². The van der Waals surface area contributed by atoms with Crippen LogP contribution in [0.5, 0.6) is 0 Å². The van der Waals surface area contributed by atoms with E-state index in [1.807, 2.05) is 30.3 Å². The molecule has 0 bridgehead atoms. The Hall–Kier alpha value is -4.41. The Morgan fingerprint density at radius 3 is 2.03 bits per heavy atom. The monoisotopic (exact) mass is 482 g/mol. The fourth-order valence-corrected chi connectivity index (χ4v) is 3.26. The van der Waals surface area contributed by atoms with E-state index in [1.54, 1.807) is 18.2 Å². The van der Waals surface area contributed by atoms with E-state index in [2.05, 4.69) is 16.0 Å². The van der Waals surface area contributed by atoms with E-state index in [4.69, 9.17) is 17.2 Å². The summed E-state index contributed by atoms with van der Waals surface area (Å²) in [5.74, 6) is -3.66. The van der Waals surface area contributed by atoms with Gasteiger partial charge in [0.1, 0.15) is 18.1 Å². The van der Waals surface area contributed by atoms with Crippen molar-refractivity contribution in [2.45, 2.75) is 44.3 Å². The van der Waals surface area contributed by atoms with E-state index in [0.29, 0.717) is 6.42 Å². The molecule has 0 radical (unpaired) electrons. The molecule has 0 aliphatic heterocycles. The molecule has 0 spiro atoms. The maximum absolute atomic E-state index is 13.0. The van der Waals surface area contributed by atoms with Crippen LogP contribution in [0.25, 0.3) is 0 Å². The molecular weight excluding hydrogens is 452 g/mol. The Balaban J connectivity index is 2.11. The van der Waals surface area contributed by atoms with Gasteiger partial charge in [0.2, 0.25) is 23.6 Å². The number of nitrogens with one attached hydrogen (secondary N) is 3. The third-order valence-electron chi connectivity index (χ3n) is 5.21. The molecule has 0 aliphatic carbocycles. The molecule has 0 heterocycles. The molecule has 11 nitrogen and oxygen atoms in total. The van der Waals surface area contributed by atoms with Gasteiger partial charge in [-0.1, -0.05) is 42.5 Å². The second-order valence-corrected chi connectivity index (χ2v) is 8.00. The van der Waals surface area contributed by atoms with Crippen LogP contribution in [0.3, 0.4) is 0 Å². The number of primary amides is 2. The number of anilines is 1. The number of para-hydroxylation sites is 1. The summed E-state index contributed by atoms with van der Waals surface area (Å²) in [5.41, 5.74) is 17.6. The van der Waals surface area contributed by atoms with Gasteiger partial charge in [0.15, 0.2) is 0 Å².